The summed E-state index contributed by atoms with van der Waals surface area (Å²) >= 11 is 1.48. The minimum absolute atomic E-state index is 0.169. The van der Waals surface area contributed by atoms with Crippen molar-refractivity contribution in [3.05, 3.63) is 52.8 Å². The van der Waals surface area contributed by atoms with Crippen LogP contribution in [0.4, 0.5) is 0 Å². The zero-order valence-corrected chi connectivity index (χ0v) is 15.3. The van der Waals surface area contributed by atoms with Crippen molar-refractivity contribution in [1.82, 2.24) is 4.57 Å². The molecule has 0 unspecified atom stereocenters. The maximum absolute atomic E-state index is 12.3. The van der Waals surface area contributed by atoms with Crippen molar-refractivity contribution in [2.24, 2.45) is 12.0 Å². The Balaban J connectivity index is 1.86. The largest absolute Gasteiger partial charge is 0.497 e. The summed E-state index contributed by atoms with van der Waals surface area (Å²) in [6.07, 6.45) is 0.266. The fourth-order valence-corrected chi connectivity index (χ4v) is 3.61. The first-order chi connectivity index (χ1) is 12.1. The molecule has 1 aromatic heterocycles. The summed E-state index contributed by atoms with van der Waals surface area (Å²) in [6.45, 7) is 2.58. The van der Waals surface area contributed by atoms with Gasteiger partial charge in [0.1, 0.15) is 11.5 Å². The minimum Gasteiger partial charge on any atom is -0.497 e. The van der Waals surface area contributed by atoms with E-state index in [1.807, 2.05) is 61.0 Å². The van der Waals surface area contributed by atoms with Crippen LogP contribution in [0, 0.1) is 0 Å². The van der Waals surface area contributed by atoms with Gasteiger partial charge in [0.05, 0.1) is 30.4 Å². The van der Waals surface area contributed by atoms with Crippen molar-refractivity contribution in [2.75, 3.05) is 13.7 Å². The predicted molar refractivity (Wildman–Crippen MR) is 99.2 cm³/mol. The van der Waals surface area contributed by atoms with Gasteiger partial charge < -0.3 is 14.0 Å². The molecule has 0 N–H and O–H groups in total. The Morgan fingerprint density at radius 3 is 2.56 bits per heavy atom. The van der Waals surface area contributed by atoms with Gasteiger partial charge in [-0.3, -0.25) is 4.79 Å². The van der Waals surface area contributed by atoms with Crippen molar-refractivity contribution in [3.8, 4) is 11.5 Å². The SMILES string of the molecule is CCOc1ccc2c(c1)sc(=NC(=O)Cc1ccc(OC)cc1)n2C. The average Bonchev–Trinajstić information content (AvgIpc) is 2.91. The van der Waals surface area contributed by atoms with Crippen LogP contribution in [0.2, 0.25) is 0 Å². The summed E-state index contributed by atoms with van der Waals surface area (Å²) in [6, 6.07) is 13.4. The first kappa shape index (κ1) is 17.2. The molecule has 0 saturated heterocycles. The van der Waals surface area contributed by atoms with Crippen LogP contribution < -0.4 is 14.3 Å². The number of benzene rings is 2. The Kier molecular flexibility index (Phi) is 5.19. The van der Waals surface area contributed by atoms with Crippen LogP contribution in [-0.2, 0) is 18.3 Å². The smallest absolute Gasteiger partial charge is 0.252 e. The fourth-order valence-electron chi connectivity index (χ4n) is 2.54. The summed E-state index contributed by atoms with van der Waals surface area (Å²) in [5.74, 6) is 1.43. The predicted octanol–water partition coefficient (Wildman–Crippen LogP) is 3.32. The van der Waals surface area contributed by atoms with Crippen molar-refractivity contribution < 1.29 is 14.3 Å². The molecule has 2 aromatic carbocycles. The number of nitrogens with zero attached hydrogens (tertiary/aromatic N) is 2. The third-order valence-electron chi connectivity index (χ3n) is 3.83. The van der Waals surface area contributed by atoms with Gasteiger partial charge in [0.15, 0.2) is 4.80 Å². The van der Waals surface area contributed by atoms with Crippen molar-refractivity contribution in [3.63, 3.8) is 0 Å². The molecule has 3 rings (SSSR count). The number of carbonyl (C=O) groups excluding carboxylic acids is 1. The van der Waals surface area contributed by atoms with Crippen LogP contribution in [0.1, 0.15) is 12.5 Å². The second-order valence-corrected chi connectivity index (χ2v) is 6.55. The third kappa shape index (κ3) is 3.91. The van der Waals surface area contributed by atoms with E-state index in [-0.39, 0.29) is 12.3 Å². The van der Waals surface area contributed by atoms with E-state index in [9.17, 15) is 4.79 Å². The lowest BCUT2D eigenvalue weighted by Gasteiger charge is -2.02. The first-order valence-electron chi connectivity index (χ1n) is 8.03. The molecule has 0 atom stereocenters. The van der Waals surface area contributed by atoms with Gasteiger partial charge in [-0.05, 0) is 42.8 Å². The molecule has 25 heavy (non-hydrogen) atoms. The molecule has 0 aliphatic heterocycles. The molecule has 0 spiro atoms. The molecule has 0 saturated carbocycles. The van der Waals surface area contributed by atoms with E-state index in [2.05, 4.69) is 4.99 Å². The third-order valence-corrected chi connectivity index (χ3v) is 4.92. The van der Waals surface area contributed by atoms with Gasteiger partial charge in [-0.1, -0.05) is 23.5 Å². The number of carbonyl (C=O) groups is 1. The van der Waals surface area contributed by atoms with Gasteiger partial charge >= 0.3 is 0 Å². The number of hydrogen-bond donors (Lipinski definition) is 0. The van der Waals surface area contributed by atoms with Crippen molar-refractivity contribution >= 4 is 27.5 Å². The van der Waals surface area contributed by atoms with Crippen LogP contribution in [0.5, 0.6) is 11.5 Å². The van der Waals surface area contributed by atoms with E-state index in [1.165, 1.54) is 11.3 Å². The lowest BCUT2D eigenvalue weighted by atomic mass is 10.1. The lowest BCUT2D eigenvalue weighted by Crippen LogP contribution is -2.14. The molecule has 1 heterocycles. The van der Waals surface area contributed by atoms with Gasteiger partial charge in [0.25, 0.3) is 5.91 Å². The van der Waals surface area contributed by atoms with Crippen LogP contribution in [0.3, 0.4) is 0 Å². The van der Waals surface area contributed by atoms with Crippen LogP contribution in [0.15, 0.2) is 47.5 Å². The molecule has 0 bridgehead atoms. The van der Waals surface area contributed by atoms with Crippen molar-refractivity contribution in [1.29, 1.82) is 0 Å². The van der Waals surface area contributed by atoms with Crippen LogP contribution in [0.25, 0.3) is 10.2 Å². The van der Waals surface area contributed by atoms with Gasteiger partial charge in [0, 0.05) is 7.05 Å². The fraction of sp³-hybridized carbons (Fsp3) is 0.263. The van der Waals surface area contributed by atoms with E-state index < -0.39 is 0 Å². The highest BCUT2D eigenvalue weighted by Crippen LogP contribution is 2.22. The van der Waals surface area contributed by atoms with Gasteiger partial charge in [0.2, 0.25) is 0 Å². The summed E-state index contributed by atoms with van der Waals surface area (Å²) < 4.78 is 13.6. The second kappa shape index (κ2) is 7.53. The molecule has 5 nitrogen and oxygen atoms in total. The highest BCUT2D eigenvalue weighted by atomic mass is 32.1. The Labute approximate surface area is 150 Å². The number of aryl methyl sites for hydroxylation is 1. The van der Waals surface area contributed by atoms with E-state index in [0.29, 0.717) is 11.4 Å². The standard InChI is InChI=1S/C19H20N2O3S/c1-4-24-15-9-10-16-17(12-15)25-19(21(16)2)20-18(22)11-13-5-7-14(23-3)8-6-13/h5-10,12H,4,11H2,1-3H3. The Morgan fingerprint density at radius 1 is 1.16 bits per heavy atom. The lowest BCUT2D eigenvalue weighted by molar-refractivity contribution is -0.117. The van der Waals surface area contributed by atoms with Gasteiger partial charge in [-0.15, -0.1) is 0 Å². The topological polar surface area (TPSA) is 52.8 Å². The number of rotatable bonds is 5. The highest BCUT2D eigenvalue weighted by Gasteiger charge is 2.07. The summed E-state index contributed by atoms with van der Waals surface area (Å²) in [5.41, 5.74) is 1.95. The molecule has 0 aliphatic carbocycles. The van der Waals surface area contributed by atoms with Crippen LogP contribution >= 0.6 is 11.3 Å². The van der Waals surface area contributed by atoms with Gasteiger partial charge in [-0.2, -0.15) is 4.99 Å². The molecule has 0 aliphatic rings. The molecule has 6 heteroatoms. The zero-order valence-electron chi connectivity index (χ0n) is 14.5. The number of amides is 1. The second-order valence-electron chi connectivity index (χ2n) is 5.54. The quantitative estimate of drug-likeness (QED) is 0.705. The Bertz CT molecular complexity index is 955. The van der Waals surface area contributed by atoms with E-state index >= 15 is 0 Å². The summed E-state index contributed by atoms with van der Waals surface area (Å²) in [4.78, 5) is 17.3. The summed E-state index contributed by atoms with van der Waals surface area (Å²) in [5, 5.41) is 0. The maximum atomic E-state index is 12.3. The normalized spacial score (nSPS) is 11.7. The number of fused-ring (bicyclic) bond motifs is 1. The monoisotopic (exact) mass is 356 g/mol. The van der Waals surface area contributed by atoms with E-state index in [0.717, 1.165) is 27.3 Å². The number of aromatic nitrogens is 1. The number of thiazole rings is 1. The number of ether oxygens (including phenoxy) is 2. The summed E-state index contributed by atoms with van der Waals surface area (Å²) in [7, 11) is 3.53. The van der Waals surface area contributed by atoms with E-state index in [4.69, 9.17) is 9.47 Å². The average molecular weight is 356 g/mol. The highest BCUT2D eigenvalue weighted by molar-refractivity contribution is 7.16. The molecule has 0 radical (unpaired) electrons. The molecule has 130 valence electrons. The molecule has 0 fully saturated rings. The molecular formula is C19H20N2O3S. The number of hydrogen-bond acceptors (Lipinski definition) is 4. The molecular weight excluding hydrogens is 336 g/mol. The molecule has 3 aromatic rings. The minimum atomic E-state index is -0.169. The van der Waals surface area contributed by atoms with E-state index in [1.54, 1.807) is 7.11 Å². The van der Waals surface area contributed by atoms with Gasteiger partial charge in [-0.25, -0.2) is 0 Å². The number of methoxy groups -OCH3 is 1. The Hall–Kier alpha value is -2.60. The zero-order chi connectivity index (χ0) is 17.8. The Morgan fingerprint density at radius 2 is 1.88 bits per heavy atom. The van der Waals surface area contributed by atoms with Crippen LogP contribution in [-0.4, -0.2) is 24.2 Å². The van der Waals surface area contributed by atoms with Crippen molar-refractivity contribution in [2.45, 2.75) is 13.3 Å². The first-order valence-corrected chi connectivity index (χ1v) is 8.85. The maximum Gasteiger partial charge on any atom is 0.252 e. The molecule has 1 amide bonds.